The predicted octanol–water partition coefficient (Wildman–Crippen LogP) is 5.66. The molecule has 0 aliphatic rings. The number of amides is 1. The molecular weight excluding hydrogens is 386 g/mol. The van der Waals surface area contributed by atoms with Crippen molar-refractivity contribution in [1.82, 2.24) is 4.98 Å². The number of nitrogens with one attached hydrogen (secondary N) is 2. The molecule has 3 aromatic rings. The smallest absolute Gasteiger partial charge is 0.224 e. The molecule has 3 rings (SSSR count). The van der Waals surface area contributed by atoms with Gasteiger partial charge in [0.2, 0.25) is 5.91 Å². The van der Waals surface area contributed by atoms with Gasteiger partial charge in [-0.3, -0.25) is 4.79 Å². The molecule has 0 aliphatic heterocycles. The molecule has 4 nitrogen and oxygen atoms in total. The highest BCUT2D eigenvalue weighted by molar-refractivity contribution is 9.10. The first-order chi connectivity index (χ1) is 11.6. The Bertz CT molecular complexity index is 828. The van der Waals surface area contributed by atoms with Crippen molar-refractivity contribution in [3.05, 3.63) is 58.4 Å². The predicted molar refractivity (Wildman–Crippen MR) is 104 cm³/mol. The molecule has 2 aromatic carbocycles. The Kier molecular flexibility index (Phi) is 5.27. The number of hydrogen-bond acceptors (Lipinski definition) is 4. The maximum Gasteiger partial charge on any atom is 0.224 e. The second-order valence-electron chi connectivity index (χ2n) is 5.15. The maximum absolute atomic E-state index is 11.4. The summed E-state index contributed by atoms with van der Waals surface area (Å²) in [5.74, 6) is 0.00905. The Hall–Kier alpha value is -2.18. The molecular formula is C18H16BrN3OS. The number of carbonyl (C=O) groups excluding carboxylic acids is 1. The van der Waals surface area contributed by atoms with Crippen LogP contribution in [0.5, 0.6) is 0 Å². The van der Waals surface area contributed by atoms with Gasteiger partial charge in [-0.1, -0.05) is 35.0 Å². The van der Waals surface area contributed by atoms with E-state index >= 15 is 0 Å². The van der Waals surface area contributed by atoms with E-state index in [1.807, 2.05) is 60.8 Å². The second kappa shape index (κ2) is 7.59. The molecule has 0 bridgehead atoms. The van der Waals surface area contributed by atoms with E-state index in [1.54, 1.807) is 11.3 Å². The summed E-state index contributed by atoms with van der Waals surface area (Å²) in [5.41, 5.74) is 3.75. The average Bonchev–Trinajstić information content (AvgIpc) is 3.05. The van der Waals surface area contributed by atoms with Crippen LogP contribution >= 0.6 is 27.3 Å². The van der Waals surface area contributed by atoms with Crippen molar-refractivity contribution in [3.8, 4) is 11.3 Å². The van der Waals surface area contributed by atoms with E-state index in [1.165, 1.54) is 0 Å². The molecule has 0 saturated carbocycles. The Balaban J connectivity index is 1.68. The highest BCUT2D eigenvalue weighted by atomic mass is 79.9. The Morgan fingerprint density at radius 2 is 1.75 bits per heavy atom. The molecule has 0 atom stereocenters. The standard InChI is InChI=1S/C18H16BrN3OS/c1-2-17(23)20-14-7-9-15(10-8-14)21-18-22-16(11-24-18)12-3-5-13(19)6-4-12/h3-11H,2H2,1H3,(H,20,23)(H,21,22). The molecule has 0 fully saturated rings. The van der Waals surface area contributed by atoms with Gasteiger partial charge in [-0.2, -0.15) is 0 Å². The van der Waals surface area contributed by atoms with Crippen LogP contribution < -0.4 is 10.6 Å². The van der Waals surface area contributed by atoms with Crippen molar-refractivity contribution >= 4 is 49.7 Å². The normalized spacial score (nSPS) is 10.4. The summed E-state index contributed by atoms with van der Waals surface area (Å²) in [4.78, 5) is 16.0. The van der Waals surface area contributed by atoms with E-state index in [0.29, 0.717) is 6.42 Å². The summed E-state index contributed by atoms with van der Waals surface area (Å²) >= 11 is 4.99. The van der Waals surface area contributed by atoms with Crippen LogP contribution in [-0.2, 0) is 4.79 Å². The molecule has 24 heavy (non-hydrogen) atoms. The van der Waals surface area contributed by atoms with Crippen LogP contribution in [0.4, 0.5) is 16.5 Å². The lowest BCUT2D eigenvalue weighted by atomic mass is 10.2. The first-order valence-electron chi connectivity index (χ1n) is 7.52. The highest BCUT2D eigenvalue weighted by Crippen LogP contribution is 2.28. The van der Waals surface area contributed by atoms with Crippen molar-refractivity contribution < 1.29 is 4.79 Å². The molecule has 1 amide bonds. The molecule has 1 heterocycles. The maximum atomic E-state index is 11.4. The van der Waals surface area contributed by atoms with Crippen molar-refractivity contribution in [2.45, 2.75) is 13.3 Å². The SMILES string of the molecule is CCC(=O)Nc1ccc(Nc2nc(-c3ccc(Br)cc3)cs2)cc1. The van der Waals surface area contributed by atoms with E-state index in [0.717, 1.165) is 32.2 Å². The summed E-state index contributed by atoms with van der Waals surface area (Å²) < 4.78 is 1.05. The van der Waals surface area contributed by atoms with Crippen molar-refractivity contribution in [2.75, 3.05) is 10.6 Å². The quantitative estimate of drug-likeness (QED) is 0.579. The number of anilines is 3. The number of nitrogens with zero attached hydrogens (tertiary/aromatic N) is 1. The number of halogens is 1. The van der Waals surface area contributed by atoms with Crippen LogP contribution in [0, 0.1) is 0 Å². The van der Waals surface area contributed by atoms with Gasteiger partial charge in [0, 0.05) is 33.2 Å². The summed E-state index contributed by atoms with van der Waals surface area (Å²) in [7, 11) is 0. The van der Waals surface area contributed by atoms with Crippen molar-refractivity contribution in [1.29, 1.82) is 0 Å². The lowest BCUT2D eigenvalue weighted by molar-refractivity contribution is -0.115. The van der Waals surface area contributed by atoms with Gasteiger partial charge in [0.15, 0.2) is 5.13 Å². The van der Waals surface area contributed by atoms with E-state index in [-0.39, 0.29) is 5.91 Å². The largest absolute Gasteiger partial charge is 0.332 e. The molecule has 0 unspecified atom stereocenters. The summed E-state index contributed by atoms with van der Waals surface area (Å²) in [5, 5.41) is 8.98. The van der Waals surface area contributed by atoms with E-state index in [9.17, 15) is 4.79 Å². The Morgan fingerprint density at radius 1 is 1.08 bits per heavy atom. The fraction of sp³-hybridized carbons (Fsp3) is 0.111. The summed E-state index contributed by atoms with van der Waals surface area (Å²) in [6.45, 7) is 1.83. The summed E-state index contributed by atoms with van der Waals surface area (Å²) in [6, 6.07) is 15.7. The second-order valence-corrected chi connectivity index (χ2v) is 6.92. The minimum atomic E-state index is 0.00905. The third-order valence-electron chi connectivity index (χ3n) is 3.39. The van der Waals surface area contributed by atoms with Crippen LogP contribution in [-0.4, -0.2) is 10.9 Å². The van der Waals surface area contributed by atoms with Gasteiger partial charge in [0.05, 0.1) is 5.69 Å². The van der Waals surface area contributed by atoms with Crippen molar-refractivity contribution in [3.63, 3.8) is 0 Å². The number of hydrogen-bond donors (Lipinski definition) is 2. The van der Waals surface area contributed by atoms with Crippen LogP contribution in [0.25, 0.3) is 11.3 Å². The Morgan fingerprint density at radius 3 is 2.42 bits per heavy atom. The molecule has 6 heteroatoms. The van der Waals surface area contributed by atoms with E-state index in [2.05, 4.69) is 31.5 Å². The average molecular weight is 402 g/mol. The number of carbonyl (C=O) groups is 1. The Labute approximate surface area is 153 Å². The van der Waals surface area contributed by atoms with Crippen LogP contribution in [0.15, 0.2) is 58.4 Å². The molecule has 0 saturated heterocycles. The third-order valence-corrected chi connectivity index (χ3v) is 4.67. The van der Waals surface area contributed by atoms with Gasteiger partial charge >= 0.3 is 0 Å². The molecule has 0 aliphatic carbocycles. The van der Waals surface area contributed by atoms with E-state index in [4.69, 9.17) is 0 Å². The first kappa shape index (κ1) is 16.7. The van der Waals surface area contributed by atoms with Gasteiger partial charge in [0.1, 0.15) is 0 Å². The lowest BCUT2D eigenvalue weighted by Crippen LogP contribution is -2.09. The molecule has 0 spiro atoms. The minimum Gasteiger partial charge on any atom is -0.332 e. The monoisotopic (exact) mass is 401 g/mol. The molecule has 0 radical (unpaired) electrons. The van der Waals surface area contributed by atoms with Gasteiger partial charge in [0.25, 0.3) is 0 Å². The van der Waals surface area contributed by atoms with Gasteiger partial charge < -0.3 is 10.6 Å². The van der Waals surface area contributed by atoms with Crippen LogP contribution in [0.3, 0.4) is 0 Å². The summed E-state index contributed by atoms with van der Waals surface area (Å²) in [6.07, 6.45) is 0.470. The zero-order valence-corrected chi connectivity index (χ0v) is 15.4. The lowest BCUT2D eigenvalue weighted by Gasteiger charge is -2.06. The number of rotatable bonds is 5. The fourth-order valence-corrected chi connectivity index (χ4v) is 3.10. The first-order valence-corrected chi connectivity index (χ1v) is 9.19. The van der Waals surface area contributed by atoms with Crippen LogP contribution in [0.2, 0.25) is 0 Å². The number of benzene rings is 2. The zero-order chi connectivity index (χ0) is 16.9. The topological polar surface area (TPSA) is 54.0 Å². The van der Waals surface area contributed by atoms with Gasteiger partial charge in [-0.25, -0.2) is 4.98 Å². The highest BCUT2D eigenvalue weighted by Gasteiger charge is 2.05. The third kappa shape index (κ3) is 4.21. The van der Waals surface area contributed by atoms with Crippen LogP contribution in [0.1, 0.15) is 13.3 Å². The minimum absolute atomic E-state index is 0.00905. The number of aromatic nitrogens is 1. The molecule has 122 valence electrons. The zero-order valence-electron chi connectivity index (χ0n) is 13.0. The molecule has 2 N–H and O–H groups in total. The fourth-order valence-electron chi connectivity index (χ4n) is 2.09. The van der Waals surface area contributed by atoms with Gasteiger partial charge in [-0.15, -0.1) is 11.3 Å². The number of thiazole rings is 1. The van der Waals surface area contributed by atoms with E-state index < -0.39 is 0 Å². The molecule has 1 aromatic heterocycles. The van der Waals surface area contributed by atoms with Gasteiger partial charge in [-0.05, 0) is 36.4 Å². The van der Waals surface area contributed by atoms with Crippen molar-refractivity contribution in [2.24, 2.45) is 0 Å².